The van der Waals surface area contributed by atoms with Gasteiger partial charge in [0.1, 0.15) is 28.7 Å². The Bertz CT molecular complexity index is 1980. The molecule has 0 aliphatic carbocycles. The Kier molecular flexibility index (Phi) is 9.08. The van der Waals surface area contributed by atoms with E-state index in [1.54, 1.807) is 12.1 Å². The lowest BCUT2D eigenvalue weighted by molar-refractivity contribution is 0.158. The molecule has 0 spiro atoms. The van der Waals surface area contributed by atoms with Gasteiger partial charge in [0.15, 0.2) is 0 Å². The fourth-order valence-corrected chi connectivity index (χ4v) is 7.04. The van der Waals surface area contributed by atoms with Crippen LogP contribution in [0.3, 0.4) is 0 Å². The first kappa shape index (κ1) is 31.6. The van der Waals surface area contributed by atoms with Crippen LogP contribution in [0.1, 0.15) is 0 Å². The number of aromatic nitrogens is 3. The summed E-state index contributed by atoms with van der Waals surface area (Å²) in [5.74, 6) is -0.676. The molecule has 0 bridgehead atoms. The fourth-order valence-electron chi connectivity index (χ4n) is 4.64. The van der Waals surface area contributed by atoms with E-state index >= 15 is 0 Å². The Morgan fingerprint density at radius 2 is 1.75 bits per heavy atom. The van der Waals surface area contributed by atoms with E-state index in [0.717, 1.165) is 18.2 Å². The van der Waals surface area contributed by atoms with E-state index in [2.05, 4.69) is 19.6 Å². The normalized spacial score (nSPS) is 14.9. The summed E-state index contributed by atoms with van der Waals surface area (Å²) >= 11 is 5.98. The van der Waals surface area contributed by atoms with Gasteiger partial charge in [-0.25, -0.2) is 31.2 Å². The van der Waals surface area contributed by atoms with Gasteiger partial charge < -0.3 is 9.47 Å². The molecule has 1 fully saturated rings. The number of rotatable bonds is 10. The molecular weight excluding hydrogens is 639 g/mol. The first-order valence-corrected chi connectivity index (χ1v) is 16.9. The summed E-state index contributed by atoms with van der Waals surface area (Å²) in [7, 11) is -6.15. The number of benzene rings is 1. The van der Waals surface area contributed by atoms with Crippen molar-refractivity contribution >= 4 is 43.0 Å². The monoisotopic (exact) mass is 666 g/mol. The highest BCUT2D eigenvalue weighted by molar-refractivity contribution is 7.92. The van der Waals surface area contributed by atoms with E-state index in [9.17, 15) is 26.0 Å². The number of hydrogen-bond donors (Lipinski definition) is 1. The smallest absolute Gasteiger partial charge is 0.300 e. The molecule has 17 heteroatoms. The Hall–Kier alpha value is -3.83. The number of sulfonamides is 2. The van der Waals surface area contributed by atoms with E-state index in [4.69, 9.17) is 21.1 Å². The van der Waals surface area contributed by atoms with Crippen molar-refractivity contribution < 1.29 is 30.7 Å². The van der Waals surface area contributed by atoms with Crippen molar-refractivity contribution in [2.75, 3.05) is 57.4 Å². The molecule has 0 saturated carbocycles. The molecule has 0 atom stereocenters. The van der Waals surface area contributed by atoms with E-state index in [-0.39, 0.29) is 33.8 Å². The molecule has 1 aliphatic heterocycles. The third kappa shape index (κ3) is 6.94. The molecule has 0 unspecified atom stereocenters. The number of methoxy groups -OCH3 is 1. The van der Waals surface area contributed by atoms with Crippen molar-refractivity contribution in [2.24, 2.45) is 0 Å². The van der Waals surface area contributed by atoms with Gasteiger partial charge in [-0.15, -0.1) is 0 Å². The van der Waals surface area contributed by atoms with Crippen LogP contribution in [-0.4, -0.2) is 93.1 Å². The Morgan fingerprint density at radius 1 is 1.00 bits per heavy atom. The van der Waals surface area contributed by atoms with Crippen molar-refractivity contribution in [3.63, 3.8) is 0 Å². The van der Waals surface area contributed by atoms with Gasteiger partial charge >= 0.3 is 0 Å². The highest BCUT2D eigenvalue weighted by atomic mass is 35.5. The van der Waals surface area contributed by atoms with Crippen LogP contribution >= 0.6 is 11.6 Å². The zero-order valence-corrected chi connectivity index (χ0v) is 26.0. The predicted octanol–water partition coefficient (Wildman–Crippen LogP) is 2.31. The molecule has 1 saturated heterocycles. The number of pyridine rings is 2. The summed E-state index contributed by atoms with van der Waals surface area (Å²) in [5.41, 5.74) is 0.855. The van der Waals surface area contributed by atoms with Gasteiger partial charge in [-0.2, -0.15) is 4.31 Å². The second-order valence-electron chi connectivity index (χ2n) is 9.89. The first-order chi connectivity index (χ1) is 20.9. The summed E-state index contributed by atoms with van der Waals surface area (Å²) in [6.45, 7) is 2.60. The third-order valence-corrected chi connectivity index (χ3v) is 10.1. The van der Waals surface area contributed by atoms with Crippen LogP contribution in [0.2, 0.25) is 5.02 Å². The Labute approximate surface area is 257 Å². The molecule has 13 nitrogen and oxygen atoms in total. The van der Waals surface area contributed by atoms with Gasteiger partial charge in [-0.05, 0) is 36.4 Å². The average molecular weight is 667 g/mol. The van der Waals surface area contributed by atoms with Crippen LogP contribution in [0.5, 0.6) is 11.6 Å². The zero-order valence-electron chi connectivity index (χ0n) is 23.6. The number of nitrogens with zero attached hydrogens (tertiary/aromatic N) is 5. The summed E-state index contributed by atoms with van der Waals surface area (Å²) in [5, 5.41) is -0.297. The van der Waals surface area contributed by atoms with Gasteiger partial charge in [-0.3, -0.25) is 18.8 Å². The van der Waals surface area contributed by atoms with Gasteiger partial charge in [-0.1, -0.05) is 11.6 Å². The first-order valence-electron chi connectivity index (χ1n) is 13.2. The number of hydrogen-bond acceptors (Lipinski definition) is 10. The number of ether oxygens (including phenoxy) is 2. The second-order valence-corrected chi connectivity index (χ2v) is 13.9. The van der Waals surface area contributed by atoms with E-state index in [1.165, 1.54) is 46.7 Å². The molecular formula is C27H28ClFN6O7S2. The summed E-state index contributed by atoms with van der Waals surface area (Å²) in [6, 6.07) is 7.71. The highest BCUT2D eigenvalue weighted by Gasteiger charge is 2.24. The van der Waals surface area contributed by atoms with Crippen LogP contribution in [-0.2, 0) is 20.0 Å². The number of halogens is 2. The minimum atomic E-state index is -4.25. The van der Waals surface area contributed by atoms with Crippen LogP contribution in [0.4, 0.5) is 10.1 Å². The second kappa shape index (κ2) is 12.6. The molecule has 4 aromatic rings. The maximum atomic E-state index is 13.5. The number of piperazine rings is 1. The van der Waals surface area contributed by atoms with E-state index in [0.29, 0.717) is 49.5 Å². The lowest BCUT2D eigenvalue weighted by atomic mass is 10.1. The van der Waals surface area contributed by atoms with Crippen LogP contribution in [0.25, 0.3) is 16.8 Å². The average Bonchev–Trinajstić information content (AvgIpc) is 2.97. The van der Waals surface area contributed by atoms with Crippen molar-refractivity contribution in [2.45, 2.75) is 4.90 Å². The molecule has 234 valence electrons. The number of nitrogens with one attached hydrogen (secondary N) is 1. The van der Waals surface area contributed by atoms with E-state index < -0.39 is 31.4 Å². The van der Waals surface area contributed by atoms with Crippen molar-refractivity contribution in [1.82, 2.24) is 23.6 Å². The van der Waals surface area contributed by atoms with Crippen molar-refractivity contribution in [1.29, 1.82) is 0 Å². The van der Waals surface area contributed by atoms with Gasteiger partial charge in [0.25, 0.3) is 15.6 Å². The zero-order chi connectivity index (χ0) is 31.6. The molecule has 5 rings (SSSR count). The molecule has 4 heterocycles. The molecule has 0 radical (unpaired) electrons. The largest absolute Gasteiger partial charge is 0.485 e. The SMILES string of the molecule is COc1ncc(-c2ccc3ncc(OCCN4CCN(S(C)(=O)=O)CC4)c(=O)n3c2)cc1NS(=O)(=O)c1ccc(F)cc1Cl. The molecule has 44 heavy (non-hydrogen) atoms. The van der Waals surface area contributed by atoms with Gasteiger partial charge in [0.2, 0.25) is 21.7 Å². The molecule has 1 N–H and O–H groups in total. The summed E-state index contributed by atoms with van der Waals surface area (Å²) in [4.78, 5) is 23.5. The Balaban J connectivity index is 1.35. The van der Waals surface area contributed by atoms with E-state index in [1.807, 2.05) is 0 Å². The fraction of sp³-hybridized carbons (Fsp3) is 0.296. The maximum absolute atomic E-state index is 13.5. The topological polar surface area (TPSA) is 153 Å². The summed E-state index contributed by atoms with van der Waals surface area (Å²) < 4.78 is 79.1. The van der Waals surface area contributed by atoms with Gasteiger partial charge in [0.05, 0.1) is 24.6 Å². The quantitative estimate of drug-likeness (QED) is 0.267. The van der Waals surface area contributed by atoms with Gasteiger partial charge in [0, 0.05) is 56.2 Å². The lowest BCUT2D eigenvalue weighted by Gasteiger charge is -2.32. The molecule has 1 aromatic carbocycles. The van der Waals surface area contributed by atoms with Crippen molar-refractivity contribution in [3.8, 4) is 22.8 Å². The standard InChI is InChI=1S/C27H28ClFN6O7S2/c1-41-26-22(32-44(39,40)24-5-4-20(29)14-21(24)28)13-19(15-31-26)18-3-6-25-30-16-23(27(36)35(25)17-18)42-12-11-33-7-9-34(10-8-33)43(2,37)38/h3-6,13-17,32H,7-12H2,1-2H3. The predicted molar refractivity (Wildman–Crippen MR) is 162 cm³/mol. The molecule has 0 amide bonds. The molecule has 1 aliphatic rings. The molecule has 3 aromatic heterocycles. The van der Waals surface area contributed by atoms with Crippen molar-refractivity contribution in [3.05, 3.63) is 76.2 Å². The highest BCUT2D eigenvalue weighted by Crippen LogP contribution is 2.32. The van der Waals surface area contributed by atoms with Crippen LogP contribution < -0.4 is 19.8 Å². The summed E-state index contributed by atoms with van der Waals surface area (Å²) in [6.07, 6.45) is 5.52. The lowest BCUT2D eigenvalue weighted by Crippen LogP contribution is -2.49. The Morgan fingerprint density at radius 3 is 2.43 bits per heavy atom. The number of fused-ring (bicyclic) bond motifs is 1. The number of anilines is 1. The maximum Gasteiger partial charge on any atom is 0.300 e. The van der Waals surface area contributed by atoms with Crippen LogP contribution in [0, 0.1) is 5.82 Å². The third-order valence-electron chi connectivity index (χ3n) is 6.94. The van der Waals surface area contributed by atoms with Crippen LogP contribution in [0.15, 0.2) is 64.7 Å². The minimum Gasteiger partial charge on any atom is -0.485 e. The minimum absolute atomic E-state index is 0.00888.